The first kappa shape index (κ1) is 17.1. The van der Waals surface area contributed by atoms with Gasteiger partial charge >= 0.3 is 0 Å². The number of rotatable bonds is 4. The molecular weight excluding hydrogens is 356 g/mol. The van der Waals surface area contributed by atoms with E-state index in [4.69, 9.17) is 25.6 Å². The summed E-state index contributed by atoms with van der Waals surface area (Å²) in [4.78, 5) is 0.0913. The molecule has 0 amide bonds. The van der Waals surface area contributed by atoms with E-state index in [2.05, 4.69) is 5.16 Å². The molecule has 1 aromatic heterocycles. The summed E-state index contributed by atoms with van der Waals surface area (Å²) < 4.78 is 42.7. The van der Waals surface area contributed by atoms with E-state index in [9.17, 15) is 8.42 Å². The zero-order valence-electron chi connectivity index (χ0n) is 13.5. The number of fused-ring (bicyclic) bond motifs is 1. The molecule has 1 aliphatic rings. The van der Waals surface area contributed by atoms with Crippen molar-refractivity contribution < 1.29 is 22.4 Å². The predicted octanol–water partition coefficient (Wildman–Crippen LogP) is 2.54. The Morgan fingerprint density at radius 1 is 1.25 bits per heavy atom. The highest BCUT2D eigenvalue weighted by atomic mass is 35.5. The zero-order valence-corrected chi connectivity index (χ0v) is 15.1. The van der Waals surface area contributed by atoms with Crippen molar-refractivity contribution in [3.8, 4) is 11.5 Å². The topological polar surface area (TPSA) is 81.9 Å². The predicted molar refractivity (Wildman–Crippen MR) is 87.1 cm³/mol. The Hall–Kier alpha value is -1.77. The minimum Gasteiger partial charge on any atom is -0.486 e. The van der Waals surface area contributed by atoms with E-state index < -0.39 is 10.0 Å². The molecule has 7 nitrogen and oxygen atoms in total. The number of aryl methyl sites for hydroxylation is 2. The SMILES string of the molecule is Cc1noc(C)c1S(=O)(=O)N(C)Cc1cc(Cl)c2c(c1)OCCO2. The van der Waals surface area contributed by atoms with Gasteiger partial charge in [-0.25, -0.2) is 8.42 Å². The summed E-state index contributed by atoms with van der Waals surface area (Å²) >= 11 is 6.20. The van der Waals surface area contributed by atoms with Crippen LogP contribution in [0.3, 0.4) is 0 Å². The molecule has 0 saturated heterocycles. The molecule has 24 heavy (non-hydrogen) atoms. The van der Waals surface area contributed by atoms with Crippen molar-refractivity contribution in [3.05, 3.63) is 34.2 Å². The fourth-order valence-electron chi connectivity index (χ4n) is 2.60. The Balaban J connectivity index is 1.90. The number of halogens is 1. The number of sulfonamides is 1. The molecule has 0 N–H and O–H groups in total. The highest BCUT2D eigenvalue weighted by molar-refractivity contribution is 7.89. The maximum atomic E-state index is 12.7. The normalized spacial score (nSPS) is 14.2. The minimum absolute atomic E-state index is 0.0913. The van der Waals surface area contributed by atoms with E-state index >= 15 is 0 Å². The van der Waals surface area contributed by atoms with Crippen LogP contribution in [0.4, 0.5) is 0 Å². The van der Waals surface area contributed by atoms with Crippen LogP contribution in [-0.2, 0) is 16.6 Å². The summed E-state index contributed by atoms with van der Waals surface area (Å²) in [7, 11) is -2.24. The Labute approximate surface area is 145 Å². The molecule has 0 spiro atoms. The number of hydrogen-bond acceptors (Lipinski definition) is 6. The molecule has 1 aromatic carbocycles. The maximum Gasteiger partial charge on any atom is 0.248 e. The second kappa shape index (κ2) is 6.27. The molecule has 0 fully saturated rings. The van der Waals surface area contributed by atoms with Gasteiger partial charge in [-0.3, -0.25) is 0 Å². The lowest BCUT2D eigenvalue weighted by Gasteiger charge is -2.22. The Kier molecular flexibility index (Phi) is 4.46. The summed E-state index contributed by atoms with van der Waals surface area (Å²) in [5.74, 6) is 1.27. The van der Waals surface area contributed by atoms with E-state index in [1.165, 1.54) is 11.4 Å². The van der Waals surface area contributed by atoms with Crippen LogP contribution in [0.25, 0.3) is 0 Å². The van der Waals surface area contributed by atoms with Gasteiger partial charge in [-0.15, -0.1) is 0 Å². The molecule has 0 saturated carbocycles. The van der Waals surface area contributed by atoms with Gasteiger partial charge in [0, 0.05) is 13.6 Å². The molecular formula is C15H17ClN2O5S. The highest BCUT2D eigenvalue weighted by Gasteiger charge is 2.29. The van der Waals surface area contributed by atoms with Crippen molar-refractivity contribution in [2.45, 2.75) is 25.3 Å². The lowest BCUT2D eigenvalue weighted by atomic mass is 10.2. The van der Waals surface area contributed by atoms with Gasteiger partial charge in [-0.1, -0.05) is 16.8 Å². The maximum absolute atomic E-state index is 12.7. The average molecular weight is 373 g/mol. The molecule has 0 bridgehead atoms. The first-order valence-corrected chi connectivity index (χ1v) is 9.09. The largest absolute Gasteiger partial charge is 0.486 e. The molecule has 0 unspecified atom stereocenters. The Bertz CT molecular complexity index is 859. The van der Waals surface area contributed by atoms with Crippen LogP contribution in [0.15, 0.2) is 21.6 Å². The van der Waals surface area contributed by atoms with E-state index in [1.54, 1.807) is 26.0 Å². The second-order valence-electron chi connectivity index (χ2n) is 5.52. The third-order valence-corrected chi connectivity index (χ3v) is 6.03. The minimum atomic E-state index is -3.73. The third kappa shape index (κ3) is 2.97. The highest BCUT2D eigenvalue weighted by Crippen LogP contribution is 2.38. The summed E-state index contributed by atoms with van der Waals surface area (Å²) in [6.07, 6.45) is 0. The zero-order chi connectivity index (χ0) is 17.5. The van der Waals surface area contributed by atoms with Gasteiger partial charge in [-0.05, 0) is 31.5 Å². The van der Waals surface area contributed by atoms with Gasteiger partial charge in [0.2, 0.25) is 10.0 Å². The molecule has 9 heteroatoms. The Morgan fingerprint density at radius 2 is 1.96 bits per heavy atom. The van der Waals surface area contributed by atoms with Crippen molar-refractivity contribution in [2.75, 3.05) is 20.3 Å². The molecule has 130 valence electrons. The van der Waals surface area contributed by atoms with Crippen LogP contribution in [0.2, 0.25) is 5.02 Å². The first-order chi connectivity index (χ1) is 11.3. The van der Waals surface area contributed by atoms with Gasteiger partial charge in [0.15, 0.2) is 17.3 Å². The number of hydrogen-bond donors (Lipinski definition) is 0. The molecule has 1 aliphatic heterocycles. The Morgan fingerprint density at radius 3 is 2.62 bits per heavy atom. The lowest BCUT2D eigenvalue weighted by molar-refractivity contribution is 0.171. The van der Waals surface area contributed by atoms with Crippen molar-refractivity contribution in [3.63, 3.8) is 0 Å². The molecule has 2 heterocycles. The fourth-order valence-corrected chi connectivity index (χ4v) is 4.33. The van der Waals surface area contributed by atoms with Crippen molar-refractivity contribution in [2.24, 2.45) is 0 Å². The standard InChI is InChI=1S/C15H17ClN2O5S/c1-9-15(10(2)23-17-9)24(19,20)18(3)8-11-6-12(16)14-13(7-11)21-4-5-22-14/h6-7H,4-5,8H2,1-3H3. The molecule has 0 atom stereocenters. The molecule has 3 rings (SSSR count). The van der Waals surface area contributed by atoms with Crippen molar-refractivity contribution >= 4 is 21.6 Å². The van der Waals surface area contributed by atoms with E-state index in [0.717, 1.165) is 0 Å². The van der Waals surface area contributed by atoms with Crippen LogP contribution >= 0.6 is 11.6 Å². The van der Waals surface area contributed by atoms with E-state index in [0.29, 0.717) is 41.0 Å². The van der Waals surface area contributed by atoms with Crippen molar-refractivity contribution in [1.29, 1.82) is 0 Å². The lowest BCUT2D eigenvalue weighted by Crippen LogP contribution is -2.27. The summed E-state index contributed by atoms with van der Waals surface area (Å²) in [6, 6.07) is 3.41. The van der Waals surface area contributed by atoms with Gasteiger partial charge in [-0.2, -0.15) is 4.31 Å². The van der Waals surface area contributed by atoms with Crippen LogP contribution in [0, 0.1) is 13.8 Å². The fraction of sp³-hybridized carbons (Fsp3) is 0.400. The van der Waals surface area contributed by atoms with Crippen LogP contribution in [0.1, 0.15) is 17.0 Å². The van der Waals surface area contributed by atoms with Gasteiger partial charge < -0.3 is 14.0 Å². The molecule has 0 radical (unpaired) electrons. The summed E-state index contributed by atoms with van der Waals surface area (Å²) in [5.41, 5.74) is 1.03. The summed E-state index contributed by atoms with van der Waals surface area (Å²) in [5, 5.41) is 4.10. The van der Waals surface area contributed by atoms with Gasteiger partial charge in [0.1, 0.15) is 23.8 Å². The monoisotopic (exact) mass is 372 g/mol. The third-order valence-electron chi connectivity index (χ3n) is 3.70. The molecule has 2 aromatic rings. The van der Waals surface area contributed by atoms with Gasteiger partial charge in [0.05, 0.1) is 5.02 Å². The number of benzene rings is 1. The van der Waals surface area contributed by atoms with Crippen LogP contribution < -0.4 is 9.47 Å². The molecule has 0 aliphatic carbocycles. The second-order valence-corrected chi connectivity index (χ2v) is 7.91. The first-order valence-electron chi connectivity index (χ1n) is 7.28. The number of ether oxygens (including phenoxy) is 2. The number of nitrogens with zero attached hydrogens (tertiary/aromatic N) is 2. The van der Waals surface area contributed by atoms with Gasteiger partial charge in [0.25, 0.3) is 0 Å². The quantitative estimate of drug-likeness (QED) is 0.820. The smallest absolute Gasteiger partial charge is 0.248 e. The van der Waals surface area contributed by atoms with Crippen LogP contribution in [0.5, 0.6) is 11.5 Å². The average Bonchev–Trinajstić information content (AvgIpc) is 2.86. The summed E-state index contributed by atoms with van der Waals surface area (Å²) in [6.45, 7) is 4.16. The van der Waals surface area contributed by atoms with E-state index in [1.807, 2.05) is 0 Å². The van der Waals surface area contributed by atoms with Crippen LogP contribution in [-0.4, -0.2) is 38.1 Å². The van der Waals surface area contributed by atoms with E-state index in [-0.39, 0.29) is 17.2 Å². The van der Waals surface area contributed by atoms with Crippen molar-refractivity contribution in [1.82, 2.24) is 9.46 Å². The number of aromatic nitrogens is 1.